The van der Waals surface area contributed by atoms with Gasteiger partial charge in [-0.1, -0.05) is 19.1 Å². The third kappa shape index (κ3) is 6.98. The van der Waals surface area contributed by atoms with Gasteiger partial charge >= 0.3 is 6.03 Å². The van der Waals surface area contributed by atoms with E-state index in [1.807, 2.05) is 60.3 Å². The fourth-order valence-corrected chi connectivity index (χ4v) is 3.42. The smallest absolute Gasteiger partial charge is 0.322 e. The van der Waals surface area contributed by atoms with Gasteiger partial charge in [-0.05, 0) is 48.4 Å². The maximum absolute atomic E-state index is 13.3. The molecule has 8 heteroatoms. The van der Waals surface area contributed by atoms with Crippen LogP contribution in [-0.2, 0) is 36.1 Å². The highest BCUT2D eigenvalue weighted by molar-refractivity contribution is 5.92. The van der Waals surface area contributed by atoms with E-state index in [1.165, 1.54) is 10.5 Å². The number of aromatic nitrogens is 1. The average molecular weight is 453 g/mol. The van der Waals surface area contributed by atoms with Crippen molar-refractivity contribution in [3.8, 4) is 0 Å². The Hall–Kier alpha value is -3.52. The van der Waals surface area contributed by atoms with Crippen LogP contribution in [0.2, 0.25) is 0 Å². The highest BCUT2D eigenvalue weighted by Crippen LogP contribution is 2.14. The number of methoxy groups -OCH3 is 1. The van der Waals surface area contributed by atoms with Crippen molar-refractivity contribution in [3.63, 3.8) is 0 Å². The summed E-state index contributed by atoms with van der Waals surface area (Å²) in [6.07, 6.45) is 4.45. The van der Waals surface area contributed by atoms with Crippen molar-refractivity contribution >= 4 is 17.6 Å². The van der Waals surface area contributed by atoms with Crippen LogP contribution in [0.25, 0.3) is 0 Å². The topological polar surface area (TPSA) is 80.0 Å². The van der Waals surface area contributed by atoms with Crippen LogP contribution in [0.1, 0.15) is 23.9 Å². The molecule has 2 aromatic heterocycles. The molecule has 176 valence electrons. The molecule has 0 spiro atoms. The Labute approximate surface area is 194 Å². The van der Waals surface area contributed by atoms with Crippen molar-refractivity contribution in [2.45, 2.75) is 26.4 Å². The number of benzene rings is 1. The molecule has 0 aliphatic carbocycles. The zero-order valence-corrected chi connectivity index (χ0v) is 19.5. The molecule has 0 aliphatic heterocycles. The lowest BCUT2D eigenvalue weighted by molar-refractivity contribution is -0.133. The fraction of sp³-hybridized carbons (Fsp3) is 0.360. The third-order valence-corrected chi connectivity index (χ3v) is 5.48. The van der Waals surface area contributed by atoms with Crippen molar-refractivity contribution in [1.29, 1.82) is 0 Å². The average Bonchev–Trinajstić information content (AvgIpc) is 3.48. The minimum Gasteiger partial charge on any atom is -0.467 e. The van der Waals surface area contributed by atoms with Gasteiger partial charge in [-0.3, -0.25) is 4.79 Å². The Kier molecular flexibility index (Phi) is 8.71. The van der Waals surface area contributed by atoms with E-state index < -0.39 is 0 Å². The number of anilines is 1. The number of nitrogens with zero attached hydrogens (tertiary/aromatic N) is 3. The summed E-state index contributed by atoms with van der Waals surface area (Å²) in [6, 6.07) is 14.9. The van der Waals surface area contributed by atoms with E-state index in [9.17, 15) is 9.59 Å². The first kappa shape index (κ1) is 24.1. The van der Waals surface area contributed by atoms with E-state index in [0.717, 1.165) is 12.1 Å². The second-order valence-electron chi connectivity index (χ2n) is 7.83. The summed E-state index contributed by atoms with van der Waals surface area (Å²) in [5.74, 6) is 0.502. The summed E-state index contributed by atoms with van der Waals surface area (Å²) in [6.45, 7) is 3.34. The summed E-state index contributed by atoms with van der Waals surface area (Å²) in [5, 5.41) is 2.88. The normalized spacial score (nSPS) is 10.8. The molecule has 8 nitrogen and oxygen atoms in total. The number of hydrogen-bond donors (Lipinski definition) is 1. The van der Waals surface area contributed by atoms with Gasteiger partial charge in [-0.2, -0.15) is 0 Å². The molecule has 3 aromatic rings. The summed E-state index contributed by atoms with van der Waals surface area (Å²) in [4.78, 5) is 29.5. The summed E-state index contributed by atoms with van der Waals surface area (Å²) >= 11 is 0. The molecule has 1 N–H and O–H groups in total. The molecule has 0 atom stereocenters. The fourth-order valence-electron chi connectivity index (χ4n) is 3.42. The Bertz CT molecular complexity index is 1010. The van der Waals surface area contributed by atoms with Crippen LogP contribution >= 0.6 is 0 Å². The molecule has 0 saturated carbocycles. The molecule has 2 heterocycles. The minimum atomic E-state index is -0.346. The maximum Gasteiger partial charge on any atom is 0.322 e. The number of amides is 3. The lowest BCUT2D eigenvalue weighted by atomic mass is 10.1. The minimum absolute atomic E-state index is 0.0760. The van der Waals surface area contributed by atoms with E-state index in [4.69, 9.17) is 9.15 Å². The van der Waals surface area contributed by atoms with Gasteiger partial charge in [0.2, 0.25) is 5.91 Å². The lowest BCUT2D eigenvalue weighted by Gasteiger charge is -2.27. The van der Waals surface area contributed by atoms with E-state index in [2.05, 4.69) is 12.2 Å². The van der Waals surface area contributed by atoms with Crippen LogP contribution in [-0.4, -0.2) is 53.1 Å². The van der Waals surface area contributed by atoms with Gasteiger partial charge in [0.05, 0.1) is 26.0 Å². The number of rotatable bonds is 11. The predicted molar refractivity (Wildman–Crippen MR) is 127 cm³/mol. The van der Waals surface area contributed by atoms with Crippen LogP contribution in [0.5, 0.6) is 0 Å². The zero-order valence-electron chi connectivity index (χ0n) is 19.5. The third-order valence-electron chi connectivity index (χ3n) is 5.48. The number of hydrogen-bond acceptors (Lipinski definition) is 4. The molecule has 3 rings (SSSR count). The summed E-state index contributed by atoms with van der Waals surface area (Å²) < 4.78 is 12.6. The number of carbonyl (C=O) groups excluding carboxylic acids is 2. The highest BCUT2D eigenvalue weighted by Gasteiger charge is 2.23. The maximum atomic E-state index is 13.3. The van der Waals surface area contributed by atoms with Gasteiger partial charge in [0.1, 0.15) is 12.3 Å². The Morgan fingerprint density at radius 1 is 1.06 bits per heavy atom. The molecule has 0 radical (unpaired) electrons. The van der Waals surface area contributed by atoms with E-state index in [1.54, 1.807) is 24.3 Å². The van der Waals surface area contributed by atoms with Crippen LogP contribution in [0.3, 0.4) is 0 Å². The zero-order chi connectivity index (χ0) is 23.6. The van der Waals surface area contributed by atoms with Crippen molar-refractivity contribution in [1.82, 2.24) is 14.4 Å². The van der Waals surface area contributed by atoms with Crippen LogP contribution in [0, 0.1) is 0 Å². The molecule has 1 aromatic carbocycles. The number of ether oxygens (including phenoxy) is 1. The number of furan rings is 1. The Balaban J connectivity index is 1.72. The van der Waals surface area contributed by atoms with Crippen molar-refractivity contribution in [2.75, 3.05) is 32.1 Å². The largest absolute Gasteiger partial charge is 0.467 e. The number of urea groups is 1. The quantitative estimate of drug-likeness (QED) is 0.479. The molecular weight excluding hydrogens is 420 g/mol. The second kappa shape index (κ2) is 11.9. The van der Waals surface area contributed by atoms with Crippen molar-refractivity contribution < 1.29 is 18.7 Å². The molecule has 0 saturated heterocycles. The van der Waals surface area contributed by atoms with Crippen LogP contribution in [0.15, 0.2) is 65.4 Å². The first-order chi connectivity index (χ1) is 16.0. The number of aryl methyl sites for hydroxylation is 2. The molecule has 33 heavy (non-hydrogen) atoms. The highest BCUT2D eigenvalue weighted by atomic mass is 16.5. The lowest BCUT2D eigenvalue weighted by Crippen LogP contribution is -2.45. The Morgan fingerprint density at radius 2 is 1.85 bits per heavy atom. The Morgan fingerprint density at radius 3 is 2.45 bits per heavy atom. The molecule has 0 aliphatic rings. The molecular formula is C25H32N4O4. The predicted octanol–water partition coefficient (Wildman–Crippen LogP) is 3.89. The molecule has 0 unspecified atom stereocenters. The van der Waals surface area contributed by atoms with Gasteiger partial charge in [0.25, 0.3) is 0 Å². The van der Waals surface area contributed by atoms with Gasteiger partial charge in [-0.15, -0.1) is 0 Å². The van der Waals surface area contributed by atoms with E-state index in [0.29, 0.717) is 37.7 Å². The standard InChI is InChI=1S/C25H32N4O4/c1-4-20-9-11-21(12-10-20)26-25(31)28(14-16-32-3)19-24(30)29(18-23-8-6-15-33-23)17-22-7-5-13-27(22)2/h5-13,15H,4,14,16-19H2,1-3H3,(H,26,31). The van der Waals surface area contributed by atoms with Crippen LogP contribution < -0.4 is 5.32 Å². The second-order valence-corrected chi connectivity index (χ2v) is 7.83. The van der Waals surface area contributed by atoms with Crippen molar-refractivity contribution in [2.24, 2.45) is 7.05 Å². The van der Waals surface area contributed by atoms with E-state index >= 15 is 0 Å². The summed E-state index contributed by atoms with van der Waals surface area (Å²) in [7, 11) is 3.51. The van der Waals surface area contributed by atoms with Gasteiger partial charge in [-0.25, -0.2) is 4.79 Å². The first-order valence-corrected chi connectivity index (χ1v) is 11.0. The van der Waals surface area contributed by atoms with Gasteiger partial charge in [0, 0.05) is 38.3 Å². The van der Waals surface area contributed by atoms with Gasteiger partial charge in [0.15, 0.2) is 0 Å². The monoisotopic (exact) mass is 452 g/mol. The van der Waals surface area contributed by atoms with Crippen LogP contribution in [0.4, 0.5) is 10.5 Å². The molecule has 0 fully saturated rings. The van der Waals surface area contributed by atoms with Crippen molar-refractivity contribution in [3.05, 3.63) is 78.0 Å². The van der Waals surface area contributed by atoms with Gasteiger partial charge < -0.3 is 28.8 Å². The summed E-state index contributed by atoms with van der Waals surface area (Å²) in [5.41, 5.74) is 2.86. The number of nitrogens with one attached hydrogen (secondary N) is 1. The number of carbonyl (C=O) groups is 2. The van der Waals surface area contributed by atoms with E-state index in [-0.39, 0.29) is 18.5 Å². The SMILES string of the molecule is CCc1ccc(NC(=O)N(CCOC)CC(=O)N(Cc2ccco2)Cc2cccn2C)cc1. The molecule has 0 bridgehead atoms. The molecule has 3 amide bonds. The first-order valence-electron chi connectivity index (χ1n) is 11.0.